The van der Waals surface area contributed by atoms with E-state index in [0.717, 1.165) is 4.90 Å². The van der Waals surface area contributed by atoms with Gasteiger partial charge in [0.2, 0.25) is 23.6 Å². The first-order valence-electron chi connectivity index (χ1n) is 28.8. The molecule has 10 N–H and O–H groups in total. The fourth-order valence-electron chi connectivity index (χ4n) is 8.54. The van der Waals surface area contributed by atoms with Crippen LogP contribution in [0.3, 0.4) is 0 Å². The number of likely N-dealkylation sites (N-methyl/N-ethyl adjacent to an activating group) is 1. The fraction of sp³-hybridized carbons (Fsp3) is 0.650. The number of phenols is 1. The van der Waals surface area contributed by atoms with Gasteiger partial charge >= 0.3 is 30.5 Å². The maximum Gasteiger partial charge on any atom is 0.408 e. The molecule has 85 heavy (non-hydrogen) atoms. The van der Waals surface area contributed by atoms with Crippen LogP contribution in [-0.2, 0) is 55.7 Å². The normalized spacial score (nSPS) is 17.1. The summed E-state index contributed by atoms with van der Waals surface area (Å²) in [6.07, 6.45) is -5.74. The van der Waals surface area contributed by atoms with Crippen LogP contribution in [0.15, 0.2) is 42.5 Å². The van der Waals surface area contributed by atoms with Crippen molar-refractivity contribution in [3.05, 3.63) is 53.6 Å². The molecule has 1 unspecified atom stereocenters. The Kier molecular flexibility index (Phi) is 26.6. The van der Waals surface area contributed by atoms with E-state index >= 15 is 9.59 Å². The van der Waals surface area contributed by atoms with Gasteiger partial charge in [-0.25, -0.2) is 24.0 Å². The largest absolute Gasteiger partial charge is 0.508 e. The highest BCUT2D eigenvalue weighted by Gasteiger charge is 2.37. The molecule has 3 rings (SSSR count). The molecule has 25 heteroatoms. The summed E-state index contributed by atoms with van der Waals surface area (Å²) < 4.78 is 27.0. The number of aliphatic hydroxyl groups is 1. The van der Waals surface area contributed by atoms with Crippen molar-refractivity contribution in [1.29, 1.82) is 0 Å². The van der Waals surface area contributed by atoms with Crippen LogP contribution in [0, 0.1) is 0 Å². The first kappa shape index (κ1) is 71.7. The zero-order valence-corrected chi connectivity index (χ0v) is 52.5. The standard InChI is InChI=1S/C60H95N9O16/c1-56(2,3)81-51(76)61-26-18-22-40(32-47(72)63-34-41(66-54(79)84-59(10,11)12)23-19-27-62-52(77)82-57(4,5)6)65-49(74)45-29-36-20-17-21-37(28-36)38-24-25-46(71)39(30-38)31-43(68-55(80)85-60(13,14)15)48(73)67-44(50(75)69(45)16)33-42(70)35-64-53(78)83-58(7,8)9/h17,20-21,24-25,28,30,40-45,70-71H,18-19,22-23,26-27,29,31-35H2,1-16H3,(H,61,76)(H,62,77)(H,63,72)(H,64,78)(H,65,74)(H,66,79)(H,67,73)(H,68,80)/t40-,41?,42+,43-,44-,45-/m0/s1. The number of alkyl carbamates (subject to hydrolysis) is 5. The van der Waals surface area contributed by atoms with Gasteiger partial charge in [0.05, 0.1) is 6.10 Å². The molecule has 0 spiro atoms. The number of carbonyl (C=O) groups excluding carboxylic acids is 9. The smallest absolute Gasteiger partial charge is 0.408 e. The van der Waals surface area contributed by atoms with Crippen molar-refractivity contribution in [3.8, 4) is 16.9 Å². The van der Waals surface area contributed by atoms with E-state index in [0.29, 0.717) is 23.1 Å². The summed E-state index contributed by atoms with van der Waals surface area (Å²) >= 11 is 0. The molecule has 0 fully saturated rings. The number of aliphatic hydroxyl groups excluding tert-OH is 1. The number of fused-ring (bicyclic) bond motifs is 5. The van der Waals surface area contributed by atoms with Gasteiger partial charge in [-0.3, -0.25) is 19.2 Å². The first-order chi connectivity index (χ1) is 39.1. The quantitative estimate of drug-likeness (QED) is 0.0526. The van der Waals surface area contributed by atoms with Crippen molar-refractivity contribution in [2.24, 2.45) is 0 Å². The van der Waals surface area contributed by atoms with Crippen LogP contribution in [0.5, 0.6) is 5.75 Å². The molecule has 0 aliphatic carbocycles. The van der Waals surface area contributed by atoms with E-state index in [4.69, 9.17) is 23.7 Å². The molecule has 25 nitrogen and oxygen atoms in total. The maximum absolute atomic E-state index is 15.1. The Hall–Kier alpha value is -7.57. The van der Waals surface area contributed by atoms with Crippen molar-refractivity contribution >= 4 is 54.1 Å². The number of nitrogens with zero attached hydrogens (tertiary/aromatic N) is 1. The summed E-state index contributed by atoms with van der Waals surface area (Å²) in [4.78, 5) is 124. The van der Waals surface area contributed by atoms with Gasteiger partial charge in [-0.1, -0.05) is 30.3 Å². The van der Waals surface area contributed by atoms with Gasteiger partial charge in [0.1, 0.15) is 51.9 Å². The lowest BCUT2D eigenvalue weighted by Crippen LogP contribution is -2.59. The maximum atomic E-state index is 15.1. The summed E-state index contributed by atoms with van der Waals surface area (Å²) in [5.74, 6) is -3.30. The van der Waals surface area contributed by atoms with Crippen molar-refractivity contribution in [2.45, 2.75) is 220 Å². The highest BCUT2D eigenvalue weighted by Crippen LogP contribution is 2.29. The average molecular weight is 1200 g/mol. The van der Waals surface area contributed by atoms with E-state index in [1.54, 1.807) is 140 Å². The Bertz CT molecular complexity index is 2610. The number of phenolic OH excluding ortho intramolecular Hbond substituents is 1. The fourth-order valence-corrected chi connectivity index (χ4v) is 8.54. The molecule has 0 aromatic heterocycles. The Morgan fingerprint density at radius 1 is 0.612 bits per heavy atom. The summed E-state index contributed by atoms with van der Waals surface area (Å²) in [7, 11) is 1.34. The lowest BCUT2D eigenvalue weighted by molar-refractivity contribution is -0.143. The highest BCUT2D eigenvalue weighted by atomic mass is 16.6. The van der Waals surface area contributed by atoms with Crippen LogP contribution in [0.4, 0.5) is 24.0 Å². The molecule has 2 aromatic rings. The van der Waals surface area contributed by atoms with Gasteiger partial charge in [-0.05, 0) is 164 Å². The van der Waals surface area contributed by atoms with Crippen molar-refractivity contribution in [3.63, 3.8) is 0 Å². The molecule has 0 radical (unpaired) electrons. The highest BCUT2D eigenvalue weighted by molar-refractivity contribution is 5.94. The van der Waals surface area contributed by atoms with Crippen LogP contribution in [-0.4, -0.2) is 167 Å². The third kappa shape index (κ3) is 29.2. The number of amides is 9. The van der Waals surface area contributed by atoms with Gasteiger partial charge in [0.25, 0.3) is 0 Å². The summed E-state index contributed by atoms with van der Waals surface area (Å²) in [5, 5.41) is 44.2. The Morgan fingerprint density at radius 3 is 1.67 bits per heavy atom. The van der Waals surface area contributed by atoms with E-state index < -0.39 is 131 Å². The second-order valence-corrected chi connectivity index (χ2v) is 26.1. The Morgan fingerprint density at radius 2 is 1.12 bits per heavy atom. The number of hydrogen-bond acceptors (Lipinski definition) is 16. The second kappa shape index (κ2) is 31.5. The number of rotatable bonds is 20. The van der Waals surface area contributed by atoms with E-state index in [1.807, 2.05) is 0 Å². The topological polar surface area (TPSA) is 340 Å². The molecule has 476 valence electrons. The minimum atomic E-state index is -1.64. The molecule has 9 amide bonds. The number of carbonyl (C=O) groups is 9. The SMILES string of the molecule is CN1C(=O)[C@H](C[C@@H](O)CNC(=O)OC(C)(C)C)NC(=O)[C@@H](NC(=O)OC(C)(C)C)Cc2cc(ccc2O)-c2cccc(c2)C[C@H]1C(=O)N[C@@H](CCCNC(=O)OC(C)(C)C)CC(=O)NCC(CCCNC(=O)OC(C)(C)C)NC(=O)OC(C)(C)C. The third-order valence-corrected chi connectivity index (χ3v) is 12.2. The van der Waals surface area contributed by atoms with Crippen LogP contribution in [0.2, 0.25) is 0 Å². The van der Waals surface area contributed by atoms with Crippen molar-refractivity contribution in [1.82, 2.24) is 47.4 Å². The Balaban J connectivity index is 2.11. The van der Waals surface area contributed by atoms with E-state index in [2.05, 4.69) is 42.5 Å². The van der Waals surface area contributed by atoms with E-state index in [1.165, 1.54) is 13.1 Å². The van der Waals surface area contributed by atoms with E-state index in [-0.39, 0.29) is 69.5 Å². The number of aromatic hydroxyl groups is 1. The first-order valence-corrected chi connectivity index (χ1v) is 28.8. The zero-order valence-electron chi connectivity index (χ0n) is 52.5. The molecular formula is C60H95N9O16. The summed E-state index contributed by atoms with van der Waals surface area (Å²) in [5.41, 5.74) is -2.21. The molecular weight excluding hydrogens is 1100 g/mol. The minimum absolute atomic E-state index is 0.0754. The van der Waals surface area contributed by atoms with Crippen molar-refractivity contribution < 1.29 is 77.0 Å². The van der Waals surface area contributed by atoms with Gasteiger partial charge in [-0.15, -0.1) is 0 Å². The summed E-state index contributed by atoms with van der Waals surface area (Å²) in [6.45, 7) is 25.0. The average Bonchev–Trinajstić information content (AvgIpc) is 2.53. The molecule has 6 atom stereocenters. The molecule has 0 saturated heterocycles. The van der Waals surface area contributed by atoms with Gasteiger partial charge in [0, 0.05) is 71.0 Å². The van der Waals surface area contributed by atoms with Crippen LogP contribution in [0.1, 0.15) is 154 Å². The van der Waals surface area contributed by atoms with Gasteiger partial charge in [-0.2, -0.15) is 0 Å². The zero-order chi connectivity index (χ0) is 64.3. The molecule has 4 bridgehead atoms. The lowest BCUT2D eigenvalue weighted by Gasteiger charge is -2.33. The number of ether oxygens (including phenoxy) is 5. The minimum Gasteiger partial charge on any atom is -0.508 e. The monoisotopic (exact) mass is 1200 g/mol. The predicted molar refractivity (Wildman–Crippen MR) is 317 cm³/mol. The molecule has 1 heterocycles. The predicted octanol–water partition coefficient (Wildman–Crippen LogP) is 6.13. The second-order valence-electron chi connectivity index (χ2n) is 26.1. The van der Waals surface area contributed by atoms with Crippen LogP contribution in [0.25, 0.3) is 11.1 Å². The number of benzene rings is 2. The molecule has 1 aliphatic heterocycles. The summed E-state index contributed by atoms with van der Waals surface area (Å²) in [6, 6.07) is 5.64. The number of nitrogens with one attached hydrogen (secondary N) is 8. The number of hydrogen-bond donors (Lipinski definition) is 10. The molecule has 2 aromatic carbocycles. The van der Waals surface area contributed by atoms with E-state index in [9.17, 15) is 43.8 Å². The lowest BCUT2D eigenvalue weighted by atomic mass is 9.95. The molecule has 0 saturated carbocycles. The van der Waals surface area contributed by atoms with Gasteiger partial charge < -0.3 is 81.3 Å². The Labute approximate surface area is 500 Å². The van der Waals surface area contributed by atoms with Crippen molar-refractivity contribution in [2.75, 3.05) is 33.2 Å². The van der Waals surface area contributed by atoms with Crippen LogP contribution < -0.4 is 42.5 Å². The van der Waals surface area contributed by atoms with Gasteiger partial charge in [0.15, 0.2) is 0 Å². The molecule has 1 aliphatic rings. The van der Waals surface area contributed by atoms with Crippen LogP contribution >= 0.6 is 0 Å². The third-order valence-electron chi connectivity index (χ3n) is 12.2.